The van der Waals surface area contributed by atoms with Crippen molar-refractivity contribution < 1.29 is 14.3 Å². The lowest BCUT2D eigenvalue weighted by Gasteiger charge is -2.23. The van der Waals surface area contributed by atoms with Gasteiger partial charge in [0.15, 0.2) is 0 Å². The molecule has 1 saturated heterocycles. The molecule has 0 aliphatic carbocycles. The highest BCUT2D eigenvalue weighted by molar-refractivity contribution is 7.12. The summed E-state index contributed by atoms with van der Waals surface area (Å²) in [5.74, 6) is 0.225. The lowest BCUT2D eigenvalue weighted by molar-refractivity contribution is -0.119. The van der Waals surface area contributed by atoms with Crippen molar-refractivity contribution >= 4 is 28.8 Å². The number of nitrogens with zero attached hydrogens (tertiary/aromatic N) is 2. The van der Waals surface area contributed by atoms with Crippen LogP contribution in [0.5, 0.6) is 5.88 Å². The van der Waals surface area contributed by atoms with Gasteiger partial charge in [0.25, 0.3) is 5.91 Å². The summed E-state index contributed by atoms with van der Waals surface area (Å²) in [5.41, 5.74) is 0.589. The van der Waals surface area contributed by atoms with E-state index >= 15 is 0 Å². The number of hydrogen-bond donors (Lipinski definition) is 1. The van der Waals surface area contributed by atoms with E-state index in [-0.39, 0.29) is 11.8 Å². The molecule has 1 atom stereocenters. The molecule has 1 N–H and O–H groups in total. The highest BCUT2D eigenvalue weighted by Gasteiger charge is 2.34. The van der Waals surface area contributed by atoms with Crippen molar-refractivity contribution in [2.45, 2.75) is 18.9 Å². The van der Waals surface area contributed by atoms with Gasteiger partial charge >= 0.3 is 0 Å². The fraction of sp³-hybridized carbons (Fsp3) is 0.312. The minimum absolute atomic E-state index is 0.0782. The Kier molecular flexibility index (Phi) is 4.57. The van der Waals surface area contributed by atoms with Crippen LogP contribution in [0, 0.1) is 0 Å². The van der Waals surface area contributed by atoms with Crippen molar-refractivity contribution in [1.29, 1.82) is 0 Å². The van der Waals surface area contributed by atoms with Crippen LogP contribution in [0.3, 0.4) is 0 Å². The lowest BCUT2D eigenvalue weighted by Crippen LogP contribution is -2.42. The van der Waals surface area contributed by atoms with Crippen LogP contribution in [-0.4, -0.2) is 41.4 Å². The Morgan fingerprint density at radius 1 is 1.39 bits per heavy atom. The molecule has 7 heteroatoms. The van der Waals surface area contributed by atoms with Gasteiger partial charge in [-0.1, -0.05) is 6.07 Å². The SMILES string of the molecule is COc1ccc(NC(=O)C2CCCN2C(=O)c2cccs2)cn1. The van der Waals surface area contributed by atoms with Gasteiger partial charge in [-0.15, -0.1) is 11.3 Å². The van der Waals surface area contributed by atoms with E-state index in [4.69, 9.17) is 4.74 Å². The predicted octanol–water partition coefficient (Wildman–Crippen LogP) is 2.40. The van der Waals surface area contributed by atoms with Gasteiger partial charge in [-0.2, -0.15) is 0 Å². The van der Waals surface area contributed by atoms with Gasteiger partial charge in [0, 0.05) is 12.6 Å². The van der Waals surface area contributed by atoms with E-state index in [9.17, 15) is 9.59 Å². The smallest absolute Gasteiger partial charge is 0.264 e. The largest absolute Gasteiger partial charge is 0.481 e. The third kappa shape index (κ3) is 3.34. The quantitative estimate of drug-likeness (QED) is 0.934. The number of thiophene rings is 1. The topological polar surface area (TPSA) is 71.5 Å². The monoisotopic (exact) mass is 331 g/mol. The van der Waals surface area contributed by atoms with Gasteiger partial charge in [0.05, 0.1) is 23.9 Å². The number of amides is 2. The fourth-order valence-electron chi connectivity index (χ4n) is 2.62. The molecule has 2 amide bonds. The van der Waals surface area contributed by atoms with Crippen LogP contribution < -0.4 is 10.1 Å². The molecule has 0 radical (unpaired) electrons. The van der Waals surface area contributed by atoms with Crippen molar-refractivity contribution in [2.24, 2.45) is 0 Å². The summed E-state index contributed by atoms with van der Waals surface area (Å²) in [5, 5.41) is 4.68. The second-order valence-corrected chi connectivity index (χ2v) is 6.16. The maximum atomic E-state index is 12.5. The van der Waals surface area contributed by atoms with Crippen molar-refractivity contribution in [3.63, 3.8) is 0 Å². The van der Waals surface area contributed by atoms with Crippen molar-refractivity contribution in [3.8, 4) is 5.88 Å². The number of aromatic nitrogens is 1. The summed E-state index contributed by atoms with van der Waals surface area (Å²) in [6, 6.07) is 6.59. The Morgan fingerprint density at radius 3 is 2.91 bits per heavy atom. The number of carbonyl (C=O) groups is 2. The highest BCUT2D eigenvalue weighted by atomic mass is 32.1. The van der Waals surface area contributed by atoms with Crippen LogP contribution in [0.1, 0.15) is 22.5 Å². The molecule has 0 spiro atoms. The number of methoxy groups -OCH3 is 1. The third-order valence-electron chi connectivity index (χ3n) is 3.76. The van der Waals surface area contributed by atoms with Crippen molar-refractivity contribution in [1.82, 2.24) is 9.88 Å². The molecule has 120 valence electrons. The first-order chi connectivity index (χ1) is 11.2. The zero-order valence-electron chi connectivity index (χ0n) is 12.7. The maximum Gasteiger partial charge on any atom is 0.264 e. The molecule has 2 aromatic heterocycles. The standard InChI is InChI=1S/C16H17N3O3S/c1-22-14-7-6-11(10-17-14)18-15(20)12-4-2-8-19(12)16(21)13-5-3-9-23-13/h3,5-7,9-10,12H,2,4,8H2,1H3,(H,18,20). The molecule has 3 rings (SSSR count). The zero-order chi connectivity index (χ0) is 16.2. The Morgan fingerprint density at radius 2 is 2.26 bits per heavy atom. The minimum Gasteiger partial charge on any atom is -0.481 e. The zero-order valence-corrected chi connectivity index (χ0v) is 13.5. The molecular weight excluding hydrogens is 314 g/mol. The van der Waals surface area contributed by atoms with E-state index in [2.05, 4.69) is 10.3 Å². The van der Waals surface area contributed by atoms with Crippen LogP contribution in [-0.2, 0) is 4.79 Å². The Labute approximate surface area is 138 Å². The summed E-state index contributed by atoms with van der Waals surface area (Å²) in [4.78, 5) is 31.3. The molecule has 23 heavy (non-hydrogen) atoms. The summed E-state index contributed by atoms with van der Waals surface area (Å²) in [7, 11) is 1.53. The van der Waals surface area contributed by atoms with Gasteiger partial charge in [-0.25, -0.2) is 4.98 Å². The number of rotatable bonds is 4. The number of hydrogen-bond acceptors (Lipinski definition) is 5. The number of anilines is 1. The fourth-order valence-corrected chi connectivity index (χ4v) is 3.30. The molecule has 1 unspecified atom stereocenters. The van der Waals surface area contributed by atoms with Gasteiger partial charge in [-0.05, 0) is 30.4 Å². The summed E-state index contributed by atoms with van der Waals surface area (Å²) in [6.45, 7) is 0.607. The van der Waals surface area contributed by atoms with Crippen molar-refractivity contribution in [3.05, 3.63) is 40.7 Å². The number of ether oxygens (including phenoxy) is 1. The van der Waals surface area contributed by atoms with Gasteiger partial charge in [-0.3, -0.25) is 9.59 Å². The molecule has 3 heterocycles. The first kappa shape index (κ1) is 15.5. The third-order valence-corrected chi connectivity index (χ3v) is 4.62. The van der Waals surface area contributed by atoms with E-state index in [0.717, 1.165) is 6.42 Å². The van der Waals surface area contributed by atoms with Crippen LogP contribution in [0.25, 0.3) is 0 Å². The second-order valence-electron chi connectivity index (χ2n) is 5.21. The number of nitrogens with one attached hydrogen (secondary N) is 1. The van der Waals surface area contributed by atoms with E-state index in [1.165, 1.54) is 24.6 Å². The van der Waals surface area contributed by atoms with E-state index < -0.39 is 6.04 Å². The second kappa shape index (κ2) is 6.78. The molecular formula is C16H17N3O3S. The first-order valence-electron chi connectivity index (χ1n) is 7.34. The van der Waals surface area contributed by atoms with Gasteiger partial charge in [0.2, 0.25) is 11.8 Å². The molecule has 1 fully saturated rings. The van der Waals surface area contributed by atoms with Crippen LogP contribution >= 0.6 is 11.3 Å². The Balaban J connectivity index is 1.69. The normalized spacial score (nSPS) is 17.1. The molecule has 0 bridgehead atoms. The van der Waals surface area contributed by atoms with Crippen LogP contribution in [0.2, 0.25) is 0 Å². The average Bonchev–Trinajstić information content (AvgIpc) is 3.26. The number of pyridine rings is 1. The predicted molar refractivity (Wildman–Crippen MR) is 87.8 cm³/mol. The summed E-state index contributed by atoms with van der Waals surface area (Å²) >= 11 is 1.39. The molecule has 1 aliphatic heterocycles. The molecule has 0 saturated carbocycles. The van der Waals surface area contributed by atoms with Gasteiger partial charge in [0.1, 0.15) is 6.04 Å². The maximum absolute atomic E-state index is 12.5. The molecule has 6 nitrogen and oxygen atoms in total. The van der Waals surface area contributed by atoms with Gasteiger partial charge < -0.3 is 15.0 Å². The van der Waals surface area contributed by atoms with Crippen molar-refractivity contribution in [2.75, 3.05) is 19.0 Å². The molecule has 2 aromatic rings. The lowest BCUT2D eigenvalue weighted by atomic mass is 10.2. The van der Waals surface area contributed by atoms with Crippen LogP contribution in [0.4, 0.5) is 5.69 Å². The Hall–Kier alpha value is -2.41. The van der Waals surface area contributed by atoms with E-state index in [1.54, 1.807) is 23.1 Å². The summed E-state index contributed by atoms with van der Waals surface area (Å²) < 4.78 is 4.99. The van der Waals surface area contributed by atoms with E-state index in [1.807, 2.05) is 11.4 Å². The minimum atomic E-state index is -0.438. The molecule has 1 aliphatic rings. The van der Waals surface area contributed by atoms with Crippen LogP contribution in [0.15, 0.2) is 35.8 Å². The number of likely N-dealkylation sites (tertiary alicyclic amines) is 1. The average molecular weight is 331 g/mol. The Bertz CT molecular complexity index is 685. The van der Waals surface area contributed by atoms with E-state index in [0.29, 0.717) is 29.4 Å². The summed E-state index contributed by atoms with van der Waals surface area (Å²) in [6.07, 6.45) is 3.04. The molecule has 0 aromatic carbocycles. The number of carbonyl (C=O) groups excluding carboxylic acids is 2. The highest BCUT2D eigenvalue weighted by Crippen LogP contribution is 2.23. The first-order valence-corrected chi connectivity index (χ1v) is 8.22.